The van der Waals surface area contributed by atoms with Gasteiger partial charge in [0.05, 0.1) is 9.40 Å². The van der Waals surface area contributed by atoms with Gasteiger partial charge in [-0.15, -0.1) is 0 Å². The third kappa shape index (κ3) is 2.74. The minimum absolute atomic E-state index is 0.00559. The second kappa shape index (κ2) is 5.37. The highest BCUT2D eigenvalue weighted by Gasteiger charge is 2.20. The van der Waals surface area contributed by atoms with Crippen LogP contribution in [0.1, 0.15) is 0 Å². The molecular formula is C10H6BrClN4O3. The van der Waals surface area contributed by atoms with Crippen molar-refractivity contribution in [2.75, 3.05) is 5.73 Å². The largest absolute Gasteiger partial charge is 0.428 e. The van der Waals surface area contributed by atoms with E-state index in [0.717, 1.165) is 6.33 Å². The highest BCUT2D eigenvalue weighted by molar-refractivity contribution is 9.10. The van der Waals surface area contributed by atoms with Gasteiger partial charge in [0.25, 0.3) is 0 Å². The van der Waals surface area contributed by atoms with Gasteiger partial charge in [0.15, 0.2) is 5.15 Å². The summed E-state index contributed by atoms with van der Waals surface area (Å²) in [6.07, 6.45) is 1.15. The number of anilines is 1. The molecule has 19 heavy (non-hydrogen) atoms. The molecule has 0 fully saturated rings. The smallest absolute Gasteiger partial charge is 0.312 e. The molecule has 1 aromatic carbocycles. The summed E-state index contributed by atoms with van der Waals surface area (Å²) in [4.78, 5) is 17.8. The Kier molecular flexibility index (Phi) is 3.82. The number of benzene rings is 1. The van der Waals surface area contributed by atoms with E-state index in [2.05, 4.69) is 25.9 Å². The summed E-state index contributed by atoms with van der Waals surface area (Å²) in [5, 5.41) is 10.9. The van der Waals surface area contributed by atoms with Crippen molar-refractivity contribution < 1.29 is 9.66 Å². The number of rotatable bonds is 3. The normalized spacial score (nSPS) is 10.2. The minimum atomic E-state index is -0.570. The molecule has 0 unspecified atom stereocenters. The number of nitrogen functional groups attached to an aromatic ring is 1. The van der Waals surface area contributed by atoms with Crippen molar-refractivity contribution >= 4 is 38.9 Å². The van der Waals surface area contributed by atoms with Crippen molar-refractivity contribution in [2.45, 2.75) is 0 Å². The number of nitrogens with zero attached hydrogens (tertiary/aromatic N) is 3. The van der Waals surface area contributed by atoms with Crippen molar-refractivity contribution in [1.29, 1.82) is 0 Å². The van der Waals surface area contributed by atoms with Crippen molar-refractivity contribution in [1.82, 2.24) is 9.97 Å². The lowest BCUT2D eigenvalue weighted by atomic mass is 10.3. The lowest BCUT2D eigenvalue weighted by Gasteiger charge is -2.09. The number of aromatic nitrogens is 2. The molecule has 0 saturated heterocycles. The molecule has 0 bridgehead atoms. The Morgan fingerprint density at radius 2 is 2.16 bits per heavy atom. The molecule has 0 aliphatic heterocycles. The summed E-state index contributed by atoms with van der Waals surface area (Å²) >= 11 is 8.89. The molecule has 0 radical (unpaired) electrons. The Hall–Kier alpha value is -1.93. The number of hydrogen-bond donors (Lipinski definition) is 1. The zero-order valence-electron chi connectivity index (χ0n) is 9.21. The maximum atomic E-state index is 10.9. The predicted molar refractivity (Wildman–Crippen MR) is 72.3 cm³/mol. The van der Waals surface area contributed by atoms with Crippen LogP contribution in [0.2, 0.25) is 5.15 Å². The second-order valence-electron chi connectivity index (χ2n) is 3.33. The Morgan fingerprint density at radius 3 is 2.84 bits per heavy atom. The Labute approximate surface area is 120 Å². The van der Waals surface area contributed by atoms with Gasteiger partial charge in [0, 0.05) is 6.07 Å². The van der Waals surface area contributed by atoms with Crippen molar-refractivity contribution in [3.63, 3.8) is 0 Å². The van der Waals surface area contributed by atoms with Crippen LogP contribution in [-0.4, -0.2) is 14.9 Å². The molecular weight excluding hydrogens is 339 g/mol. The monoisotopic (exact) mass is 344 g/mol. The van der Waals surface area contributed by atoms with Crippen molar-refractivity contribution in [3.05, 3.63) is 44.3 Å². The van der Waals surface area contributed by atoms with E-state index in [4.69, 9.17) is 22.1 Å². The molecule has 2 N–H and O–H groups in total. The van der Waals surface area contributed by atoms with E-state index in [0.29, 0.717) is 4.47 Å². The van der Waals surface area contributed by atoms with Gasteiger partial charge in [0.1, 0.15) is 12.0 Å². The standard InChI is InChI=1S/C10H6BrClN4O3/c11-5-2-1-3-6(16(17)18)8(5)19-10-7(13)9(12)14-4-15-10/h1-4H,13H2. The highest BCUT2D eigenvalue weighted by atomic mass is 79.9. The third-order valence-electron chi connectivity index (χ3n) is 2.14. The molecule has 0 saturated carbocycles. The van der Waals surface area contributed by atoms with Crippen LogP contribution in [-0.2, 0) is 0 Å². The number of hydrogen-bond acceptors (Lipinski definition) is 6. The van der Waals surface area contributed by atoms with Gasteiger partial charge in [-0.3, -0.25) is 10.1 Å². The SMILES string of the molecule is Nc1c(Cl)ncnc1Oc1c(Br)cccc1[N+](=O)[O-]. The Bertz CT molecular complexity index is 653. The zero-order valence-corrected chi connectivity index (χ0v) is 11.6. The van der Waals surface area contributed by atoms with Crippen molar-refractivity contribution in [2.24, 2.45) is 0 Å². The molecule has 0 spiro atoms. The summed E-state index contributed by atoms with van der Waals surface area (Å²) in [6.45, 7) is 0. The fraction of sp³-hybridized carbons (Fsp3) is 0. The van der Waals surface area contributed by atoms with Crippen LogP contribution < -0.4 is 10.5 Å². The molecule has 2 rings (SSSR count). The molecule has 0 aliphatic rings. The Morgan fingerprint density at radius 1 is 1.42 bits per heavy atom. The number of halogens is 2. The van der Waals surface area contributed by atoms with Gasteiger partial charge in [0.2, 0.25) is 11.6 Å². The van der Waals surface area contributed by atoms with Gasteiger partial charge in [-0.25, -0.2) is 4.98 Å². The molecule has 2 aromatic rings. The quantitative estimate of drug-likeness (QED) is 0.520. The molecule has 9 heteroatoms. The summed E-state index contributed by atoms with van der Waals surface area (Å²) < 4.78 is 5.76. The van der Waals surface area contributed by atoms with Gasteiger partial charge >= 0.3 is 5.69 Å². The number of para-hydroxylation sites is 1. The van der Waals surface area contributed by atoms with E-state index >= 15 is 0 Å². The molecule has 0 amide bonds. The topological polar surface area (TPSA) is 104 Å². The summed E-state index contributed by atoms with van der Waals surface area (Å²) in [5.41, 5.74) is 5.43. The molecule has 98 valence electrons. The first kappa shape index (κ1) is 13.5. The van der Waals surface area contributed by atoms with Crippen LogP contribution in [0.5, 0.6) is 11.6 Å². The van der Waals surface area contributed by atoms with Crippen LogP contribution in [0, 0.1) is 10.1 Å². The van der Waals surface area contributed by atoms with Crippen molar-refractivity contribution in [3.8, 4) is 11.6 Å². The number of ether oxygens (including phenoxy) is 1. The molecule has 0 aliphatic carbocycles. The second-order valence-corrected chi connectivity index (χ2v) is 4.54. The first-order valence-electron chi connectivity index (χ1n) is 4.87. The fourth-order valence-electron chi connectivity index (χ4n) is 1.28. The minimum Gasteiger partial charge on any atom is -0.428 e. The van der Waals surface area contributed by atoms with E-state index < -0.39 is 4.92 Å². The average molecular weight is 346 g/mol. The highest BCUT2D eigenvalue weighted by Crippen LogP contribution is 2.39. The van der Waals surface area contributed by atoms with Crippen LogP contribution >= 0.6 is 27.5 Å². The first-order valence-corrected chi connectivity index (χ1v) is 6.04. The maximum absolute atomic E-state index is 10.9. The van der Waals surface area contributed by atoms with Crippen LogP contribution in [0.4, 0.5) is 11.4 Å². The van der Waals surface area contributed by atoms with Gasteiger partial charge in [-0.2, -0.15) is 4.98 Å². The zero-order chi connectivity index (χ0) is 14.0. The predicted octanol–water partition coefficient (Wildman–Crippen LogP) is 3.18. The average Bonchev–Trinajstić information content (AvgIpc) is 2.36. The van der Waals surface area contributed by atoms with E-state index in [9.17, 15) is 10.1 Å². The molecule has 1 heterocycles. The Balaban J connectivity index is 2.49. The fourth-order valence-corrected chi connectivity index (χ4v) is 1.84. The van der Waals surface area contributed by atoms with Crippen LogP contribution in [0.25, 0.3) is 0 Å². The molecule has 0 atom stereocenters. The third-order valence-corrected chi connectivity index (χ3v) is 3.07. The molecule has 1 aromatic heterocycles. The van der Waals surface area contributed by atoms with E-state index in [-0.39, 0.29) is 28.2 Å². The summed E-state index contributed by atoms with van der Waals surface area (Å²) in [6, 6.07) is 4.42. The maximum Gasteiger partial charge on any atom is 0.312 e. The number of nitro groups is 1. The van der Waals surface area contributed by atoms with Gasteiger partial charge < -0.3 is 10.5 Å². The molecule has 7 nitrogen and oxygen atoms in total. The first-order chi connectivity index (χ1) is 9.00. The number of nitrogens with two attached hydrogens (primary N) is 1. The van der Waals surface area contributed by atoms with Crippen LogP contribution in [0.15, 0.2) is 29.0 Å². The van der Waals surface area contributed by atoms with E-state index in [1.807, 2.05) is 0 Å². The lowest BCUT2D eigenvalue weighted by molar-refractivity contribution is -0.385. The van der Waals surface area contributed by atoms with Crippen LogP contribution in [0.3, 0.4) is 0 Å². The summed E-state index contributed by atoms with van der Waals surface area (Å²) in [5.74, 6) is -0.0519. The van der Waals surface area contributed by atoms with Gasteiger partial charge in [-0.1, -0.05) is 17.7 Å². The van der Waals surface area contributed by atoms with E-state index in [1.54, 1.807) is 6.07 Å². The van der Waals surface area contributed by atoms with Gasteiger partial charge in [-0.05, 0) is 22.0 Å². The lowest BCUT2D eigenvalue weighted by Crippen LogP contribution is -2.00. The summed E-state index contributed by atoms with van der Waals surface area (Å²) in [7, 11) is 0. The number of nitro benzene ring substituents is 1. The van der Waals surface area contributed by atoms with E-state index in [1.165, 1.54) is 12.1 Å².